The van der Waals surface area contributed by atoms with Crippen LogP contribution in [-0.4, -0.2) is 50.0 Å². The summed E-state index contributed by atoms with van der Waals surface area (Å²) >= 11 is 6.21. The first-order valence-corrected chi connectivity index (χ1v) is 16.1. The van der Waals surface area contributed by atoms with Crippen LogP contribution >= 0.6 is 11.6 Å². The quantitative estimate of drug-likeness (QED) is 0.288. The first kappa shape index (κ1) is 32.3. The van der Waals surface area contributed by atoms with Crippen molar-refractivity contribution >= 4 is 39.1 Å². The van der Waals surface area contributed by atoms with Gasteiger partial charge in [-0.1, -0.05) is 73.0 Å². The lowest BCUT2D eigenvalue weighted by Gasteiger charge is -2.34. The van der Waals surface area contributed by atoms with E-state index in [9.17, 15) is 31.2 Å². The lowest BCUT2D eigenvalue weighted by molar-refractivity contribution is -0.140. The maximum absolute atomic E-state index is 14.1. The predicted molar refractivity (Wildman–Crippen MR) is 160 cm³/mol. The number of sulfonamides is 1. The van der Waals surface area contributed by atoms with Crippen molar-refractivity contribution in [2.45, 2.75) is 56.9 Å². The minimum absolute atomic E-state index is 0.0495. The highest BCUT2D eigenvalue weighted by Gasteiger charge is 2.35. The molecular formula is C31H33ClF3N3O4S. The molecule has 43 heavy (non-hydrogen) atoms. The Balaban J connectivity index is 1.74. The molecule has 7 nitrogen and oxygen atoms in total. The van der Waals surface area contributed by atoms with Gasteiger partial charge in [-0.2, -0.15) is 13.2 Å². The molecule has 12 heteroatoms. The maximum Gasteiger partial charge on any atom is 0.416 e. The van der Waals surface area contributed by atoms with E-state index in [0.29, 0.717) is 21.0 Å². The fraction of sp³-hybridized carbons (Fsp3) is 0.355. The van der Waals surface area contributed by atoms with Crippen molar-refractivity contribution in [3.05, 3.63) is 101 Å². The fourth-order valence-corrected chi connectivity index (χ4v) is 6.26. The molecular weight excluding hydrogens is 603 g/mol. The maximum atomic E-state index is 14.1. The monoisotopic (exact) mass is 635 g/mol. The first-order chi connectivity index (χ1) is 20.3. The van der Waals surface area contributed by atoms with Gasteiger partial charge in [0.2, 0.25) is 21.8 Å². The van der Waals surface area contributed by atoms with Crippen molar-refractivity contribution in [1.82, 2.24) is 10.2 Å². The summed E-state index contributed by atoms with van der Waals surface area (Å²) in [4.78, 5) is 29.2. The number of anilines is 1. The van der Waals surface area contributed by atoms with Crippen molar-refractivity contribution in [2.75, 3.05) is 17.1 Å². The summed E-state index contributed by atoms with van der Waals surface area (Å²) in [5.74, 6) is -1.15. The molecule has 3 aromatic rings. The molecule has 0 aliphatic heterocycles. The number of nitrogens with one attached hydrogen (secondary N) is 1. The number of carbonyl (C=O) groups excluding carboxylic acids is 2. The van der Waals surface area contributed by atoms with Crippen LogP contribution in [0.3, 0.4) is 0 Å². The molecule has 0 aromatic heterocycles. The van der Waals surface area contributed by atoms with Crippen LogP contribution in [0.2, 0.25) is 5.02 Å². The molecule has 0 spiro atoms. The van der Waals surface area contributed by atoms with E-state index in [-0.39, 0.29) is 24.7 Å². The molecule has 1 saturated carbocycles. The van der Waals surface area contributed by atoms with Gasteiger partial charge in [-0.15, -0.1) is 0 Å². The molecule has 3 aromatic carbocycles. The Labute approximate surface area is 254 Å². The second kappa shape index (κ2) is 13.8. The molecule has 1 aliphatic carbocycles. The second-order valence-electron chi connectivity index (χ2n) is 10.7. The van der Waals surface area contributed by atoms with Crippen molar-refractivity contribution in [2.24, 2.45) is 0 Å². The van der Waals surface area contributed by atoms with Crippen LogP contribution in [0.1, 0.15) is 42.4 Å². The van der Waals surface area contributed by atoms with Crippen molar-refractivity contribution in [3.8, 4) is 0 Å². The summed E-state index contributed by atoms with van der Waals surface area (Å²) in [7, 11) is -4.22. The molecule has 0 radical (unpaired) electrons. The number of rotatable bonds is 11. The summed E-state index contributed by atoms with van der Waals surface area (Å²) < 4.78 is 66.7. The molecule has 0 saturated heterocycles. The van der Waals surface area contributed by atoms with Crippen LogP contribution in [0.5, 0.6) is 0 Å². The molecule has 4 rings (SSSR count). The van der Waals surface area contributed by atoms with Crippen LogP contribution in [0.4, 0.5) is 18.9 Å². The minimum atomic E-state index is -4.72. The summed E-state index contributed by atoms with van der Waals surface area (Å²) in [6.45, 7) is -0.905. The van der Waals surface area contributed by atoms with Gasteiger partial charge in [0, 0.05) is 24.0 Å². The third kappa shape index (κ3) is 8.96. The lowest BCUT2D eigenvalue weighted by atomic mass is 10.0. The van der Waals surface area contributed by atoms with E-state index in [4.69, 9.17) is 11.6 Å². The summed E-state index contributed by atoms with van der Waals surface area (Å²) in [5, 5.41) is 3.46. The van der Waals surface area contributed by atoms with Crippen molar-refractivity contribution in [3.63, 3.8) is 0 Å². The number of amides is 2. The van der Waals surface area contributed by atoms with Gasteiger partial charge in [-0.3, -0.25) is 13.9 Å². The van der Waals surface area contributed by atoms with Crippen LogP contribution in [-0.2, 0) is 38.8 Å². The average Bonchev–Trinajstić information content (AvgIpc) is 3.46. The van der Waals surface area contributed by atoms with Gasteiger partial charge in [-0.25, -0.2) is 8.42 Å². The number of benzene rings is 3. The van der Waals surface area contributed by atoms with Gasteiger partial charge in [0.05, 0.1) is 17.5 Å². The van der Waals surface area contributed by atoms with Crippen molar-refractivity contribution < 1.29 is 31.2 Å². The molecule has 1 unspecified atom stereocenters. The highest BCUT2D eigenvalue weighted by atomic mass is 35.5. The van der Waals surface area contributed by atoms with Crippen LogP contribution in [0, 0.1) is 0 Å². The number of nitrogens with zero attached hydrogens (tertiary/aromatic N) is 2. The van der Waals surface area contributed by atoms with E-state index in [2.05, 4.69) is 5.32 Å². The van der Waals surface area contributed by atoms with Gasteiger partial charge in [0.25, 0.3) is 0 Å². The zero-order valence-electron chi connectivity index (χ0n) is 23.6. The summed E-state index contributed by atoms with van der Waals surface area (Å²) in [6, 6.07) is 18.5. The Morgan fingerprint density at radius 3 is 2.23 bits per heavy atom. The highest BCUT2D eigenvalue weighted by molar-refractivity contribution is 7.92. The number of alkyl halides is 3. The Morgan fingerprint density at radius 1 is 0.953 bits per heavy atom. The van der Waals surface area contributed by atoms with E-state index < -0.39 is 46.2 Å². The molecule has 2 amide bonds. The summed E-state index contributed by atoms with van der Waals surface area (Å²) in [6.07, 6.45) is -0.211. The fourth-order valence-electron chi connectivity index (χ4n) is 5.20. The van der Waals surface area contributed by atoms with E-state index >= 15 is 0 Å². The predicted octanol–water partition coefficient (Wildman–Crippen LogP) is 5.82. The van der Waals surface area contributed by atoms with Crippen LogP contribution in [0.15, 0.2) is 78.9 Å². The van der Waals surface area contributed by atoms with Gasteiger partial charge < -0.3 is 10.2 Å². The Hall–Kier alpha value is -3.57. The lowest BCUT2D eigenvalue weighted by Crippen LogP contribution is -2.54. The van der Waals surface area contributed by atoms with Gasteiger partial charge >= 0.3 is 6.18 Å². The van der Waals surface area contributed by atoms with E-state index in [1.165, 1.54) is 11.0 Å². The van der Waals surface area contributed by atoms with Crippen LogP contribution < -0.4 is 9.62 Å². The third-order valence-corrected chi connectivity index (χ3v) is 8.73. The Morgan fingerprint density at radius 2 is 1.60 bits per heavy atom. The zero-order chi connectivity index (χ0) is 31.2. The normalized spacial score (nSPS) is 14.7. The standard InChI is InChI=1S/C31H33ClF3N3O4S/c1-43(41,42)38(27-16-8-12-24(19-27)31(33,34)35)21-29(39)37(20-23-11-7-13-25(32)17-23)28(18-22-9-3-2-4-10-22)30(40)36-26-14-5-6-15-26/h2-4,7-13,16-17,19,26,28H,5-6,14-15,18,20-21H2,1H3,(H,36,40). The number of halogens is 4. The molecule has 230 valence electrons. The number of carbonyl (C=O) groups is 2. The average molecular weight is 636 g/mol. The van der Waals surface area contributed by atoms with Gasteiger partial charge in [0.15, 0.2) is 0 Å². The van der Waals surface area contributed by atoms with Gasteiger partial charge in [-0.05, 0) is 54.3 Å². The number of hydrogen-bond acceptors (Lipinski definition) is 4. The molecule has 0 bridgehead atoms. The smallest absolute Gasteiger partial charge is 0.352 e. The zero-order valence-corrected chi connectivity index (χ0v) is 25.1. The van der Waals surface area contributed by atoms with Crippen molar-refractivity contribution in [1.29, 1.82) is 0 Å². The largest absolute Gasteiger partial charge is 0.416 e. The van der Waals surface area contributed by atoms with E-state index in [1.807, 2.05) is 30.3 Å². The number of hydrogen-bond donors (Lipinski definition) is 1. The van der Waals surface area contributed by atoms with Gasteiger partial charge in [0.1, 0.15) is 12.6 Å². The first-order valence-electron chi connectivity index (χ1n) is 13.8. The van der Waals surface area contributed by atoms with Crippen LogP contribution in [0.25, 0.3) is 0 Å². The summed E-state index contributed by atoms with van der Waals surface area (Å²) in [5.41, 5.74) is -0.00320. The molecule has 1 atom stereocenters. The topological polar surface area (TPSA) is 86.8 Å². The Bertz CT molecular complexity index is 1530. The van der Waals surface area contributed by atoms with E-state index in [0.717, 1.165) is 49.6 Å². The Kier molecular flexibility index (Phi) is 10.4. The second-order valence-corrected chi connectivity index (χ2v) is 13.0. The molecule has 0 heterocycles. The molecule has 1 aliphatic rings. The third-order valence-electron chi connectivity index (χ3n) is 7.36. The highest BCUT2D eigenvalue weighted by Crippen LogP contribution is 2.32. The molecule has 1 fully saturated rings. The SMILES string of the molecule is CS(=O)(=O)N(CC(=O)N(Cc1cccc(Cl)c1)C(Cc1ccccc1)C(=O)NC1CCCC1)c1cccc(C(F)(F)F)c1. The minimum Gasteiger partial charge on any atom is -0.352 e. The molecule has 1 N–H and O–H groups in total. The van der Waals surface area contributed by atoms with E-state index in [1.54, 1.807) is 24.3 Å².